The molecule has 0 radical (unpaired) electrons. The fraction of sp³-hybridized carbons (Fsp3) is 0.571. The van der Waals surface area contributed by atoms with Gasteiger partial charge in [-0.15, -0.1) is 0 Å². The highest BCUT2D eigenvalue weighted by Crippen LogP contribution is 2.23. The molecule has 1 aromatic carbocycles. The number of nitrogens with two attached hydrogens (primary N) is 1. The molecule has 0 bridgehead atoms. The Kier molecular flexibility index (Phi) is 6.94. The topological polar surface area (TPSA) is 87.5 Å². The number of hydrogen-bond donors (Lipinski definition) is 3. The van der Waals surface area contributed by atoms with E-state index in [1.54, 1.807) is 12.1 Å². The summed E-state index contributed by atoms with van der Waals surface area (Å²) >= 11 is 0. The second kappa shape index (κ2) is 8.21. The van der Waals surface area contributed by atoms with Gasteiger partial charge in [-0.25, -0.2) is 13.1 Å². The molecule has 0 aliphatic carbocycles. The van der Waals surface area contributed by atoms with Crippen LogP contribution in [-0.2, 0) is 10.0 Å². The van der Waals surface area contributed by atoms with Crippen LogP contribution in [0, 0.1) is 0 Å². The molecule has 0 aliphatic rings. The van der Waals surface area contributed by atoms with Gasteiger partial charge in [-0.1, -0.05) is 6.92 Å². The molecule has 120 valence electrons. The molecule has 0 aromatic heterocycles. The zero-order valence-corrected chi connectivity index (χ0v) is 13.8. The Balaban J connectivity index is 2.83. The van der Waals surface area contributed by atoms with Crippen molar-refractivity contribution < 1.29 is 8.42 Å². The zero-order valence-electron chi connectivity index (χ0n) is 13.0. The highest BCUT2D eigenvalue weighted by Gasteiger charge is 2.18. The summed E-state index contributed by atoms with van der Waals surface area (Å²) in [5.41, 5.74) is 6.75. The Morgan fingerprint density at radius 2 is 1.95 bits per heavy atom. The van der Waals surface area contributed by atoms with E-state index in [9.17, 15) is 8.42 Å². The summed E-state index contributed by atoms with van der Waals surface area (Å²) in [6.45, 7) is 3.98. The van der Waals surface area contributed by atoms with Crippen LogP contribution in [0.2, 0.25) is 0 Å². The van der Waals surface area contributed by atoms with Crippen LogP contribution in [0.25, 0.3) is 0 Å². The number of nitrogen functional groups attached to an aromatic ring is 1. The molecular formula is C14H26N4O2S. The molecule has 7 heteroatoms. The summed E-state index contributed by atoms with van der Waals surface area (Å²) in [5, 5.41) is 3.12. The van der Waals surface area contributed by atoms with Crippen LogP contribution in [-0.4, -0.2) is 47.0 Å². The minimum absolute atomic E-state index is 0.209. The summed E-state index contributed by atoms with van der Waals surface area (Å²) < 4.78 is 27.4. The average Bonchev–Trinajstić information content (AvgIpc) is 2.42. The molecule has 6 nitrogen and oxygen atoms in total. The number of benzene rings is 1. The van der Waals surface area contributed by atoms with Crippen molar-refractivity contribution in [3.8, 4) is 0 Å². The van der Waals surface area contributed by atoms with Crippen molar-refractivity contribution in [3.05, 3.63) is 18.2 Å². The van der Waals surface area contributed by atoms with Crippen molar-refractivity contribution in [1.82, 2.24) is 9.62 Å². The monoisotopic (exact) mass is 314 g/mol. The molecule has 0 atom stereocenters. The highest BCUT2D eigenvalue weighted by molar-refractivity contribution is 7.89. The molecular weight excluding hydrogens is 288 g/mol. The molecule has 0 saturated heterocycles. The van der Waals surface area contributed by atoms with Crippen molar-refractivity contribution in [1.29, 1.82) is 0 Å². The van der Waals surface area contributed by atoms with Crippen LogP contribution in [0.3, 0.4) is 0 Å². The molecule has 0 amide bonds. The van der Waals surface area contributed by atoms with Gasteiger partial charge in [0.2, 0.25) is 10.0 Å². The van der Waals surface area contributed by atoms with E-state index < -0.39 is 10.0 Å². The minimum Gasteiger partial charge on any atom is -0.399 e. The molecule has 0 aliphatic heterocycles. The van der Waals surface area contributed by atoms with E-state index in [0.29, 0.717) is 24.5 Å². The third kappa shape index (κ3) is 5.91. The molecule has 0 heterocycles. The fourth-order valence-corrected chi connectivity index (χ4v) is 3.14. The van der Waals surface area contributed by atoms with E-state index in [2.05, 4.69) is 10.0 Å². The Morgan fingerprint density at radius 1 is 1.24 bits per heavy atom. The van der Waals surface area contributed by atoms with Crippen LogP contribution < -0.4 is 15.8 Å². The maximum absolute atomic E-state index is 12.4. The van der Waals surface area contributed by atoms with Gasteiger partial charge in [-0.2, -0.15) is 0 Å². The summed E-state index contributed by atoms with van der Waals surface area (Å²) in [4.78, 5) is 2.23. The molecule has 0 saturated carbocycles. The van der Waals surface area contributed by atoms with E-state index in [4.69, 9.17) is 5.73 Å². The van der Waals surface area contributed by atoms with Gasteiger partial charge in [0.25, 0.3) is 0 Å². The SMILES string of the molecule is CCCNc1ccc(N)cc1S(=O)(=O)NCCCN(C)C. The first-order chi connectivity index (χ1) is 9.86. The lowest BCUT2D eigenvalue weighted by Gasteiger charge is -2.14. The van der Waals surface area contributed by atoms with Gasteiger partial charge in [-0.05, 0) is 51.7 Å². The van der Waals surface area contributed by atoms with Crippen LogP contribution in [0.5, 0.6) is 0 Å². The zero-order chi connectivity index (χ0) is 15.9. The van der Waals surface area contributed by atoms with E-state index in [1.807, 2.05) is 25.9 Å². The maximum Gasteiger partial charge on any atom is 0.242 e. The molecule has 0 spiro atoms. The number of sulfonamides is 1. The maximum atomic E-state index is 12.4. The summed E-state index contributed by atoms with van der Waals surface area (Å²) in [6.07, 6.45) is 1.67. The van der Waals surface area contributed by atoms with Gasteiger partial charge >= 0.3 is 0 Å². The van der Waals surface area contributed by atoms with Crippen molar-refractivity contribution >= 4 is 21.4 Å². The summed E-state index contributed by atoms with van der Waals surface area (Å²) in [6, 6.07) is 4.90. The minimum atomic E-state index is -3.55. The predicted octanol–water partition coefficient (Wildman–Crippen LogP) is 1.32. The van der Waals surface area contributed by atoms with Gasteiger partial charge in [0.15, 0.2) is 0 Å². The highest BCUT2D eigenvalue weighted by atomic mass is 32.2. The summed E-state index contributed by atoms with van der Waals surface area (Å²) in [5.74, 6) is 0. The average molecular weight is 314 g/mol. The quantitative estimate of drug-likeness (QED) is 0.473. The van der Waals surface area contributed by atoms with Gasteiger partial charge in [0, 0.05) is 18.8 Å². The molecule has 21 heavy (non-hydrogen) atoms. The lowest BCUT2D eigenvalue weighted by Crippen LogP contribution is -2.28. The molecule has 0 fully saturated rings. The first-order valence-corrected chi connectivity index (χ1v) is 8.63. The fourth-order valence-electron chi connectivity index (χ4n) is 1.85. The standard InChI is InChI=1S/C14H26N4O2S/c1-4-8-16-13-7-6-12(15)11-14(13)21(19,20)17-9-5-10-18(2)3/h6-7,11,16-17H,4-5,8-10,15H2,1-3H3. The number of anilines is 2. The van der Waals surface area contributed by atoms with E-state index in [1.165, 1.54) is 6.07 Å². The van der Waals surface area contributed by atoms with Gasteiger partial charge < -0.3 is 16.0 Å². The Morgan fingerprint density at radius 3 is 2.57 bits per heavy atom. The van der Waals surface area contributed by atoms with Crippen molar-refractivity contribution in [2.24, 2.45) is 0 Å². The van der Waals surface area contributed by atoms with Gasteiger partial charge in [-0.3, -0.25) is 0 Å². The van der Waals surface area contributed by atoms with Gasteiger partial charge in [0.1, 0.15) is 4.90 Å². The first kappa shape index (κ1) is 17.7. The number of rotatable bonds is 9. The van der Waals surface area contributed by atoms with Crippen molar-refractivity contribution in [2.75, 3.05) is 44.8 Å². The molecule has 1 rings (SSSR count). The molecule has 4 N–H and O–H groups in total. The predicted molar refractivity (Wildman–Crippen MR) is 88.0 cm³/mol. The van der Waals surface area contributed by atoms with Crippen molar-refractivity contribution in [3.63, 3.8) is 0 Å². The van der Waals surface area contributed by atoms with Crippen molar-refractivity contribution in [2.45, 2.75) is 24.7 Å². The van der Waals surface area contributed by atoms with E-state index >= 15 is 0 Å². The molecule has 1 aromatic rings. The Hall–Kier alpha value is -1.31. The van der Waals surface area contributed by atoms with Gasteiger partial charge in [0.05, 0.1) is 5.69 Å². The smallest absolute Gasteiger partial charge is 0.242 e. The lowest BCUT2D eigenvalue weighted by molar-refractivity contribution is 0.400. The Labute approximate surface area is 127 Å². The lowest BCUT2D eigenvalue weighted by atomic mass is 10.3. The van der Waals surface area contributed by atoms with Crippen LogP contribution >= 0.6 is 0 Å². The normalized spacial score (nSPS) is 11.8. The third-order valence-electron chi connectivity index (χ3n) is 2.93. The van der Waals surface area contributed by atoms with E-state index in [0.717, 1.165) is 19.4 Å². The third-order valence-corrected chi connectivity index (χ3v) is 4.44. The number of nitrogens with zero attached hydrogens (tertiary/aromatic N) is 1. The first-order valence-electron chi connectivity index (χ1n) is 7.14. The number of nitrogens with one attached hydrogen (secondary N) is 2. The summed E-state index contributed by atoms with van der Waals surface area (Å²) in [7, 11) is 0.362. The largest absolute Gasteiger partial charge is 0.399 e. The van der Waals surface area contributed by atoms with Crippen LogP contribution in [0.4, 0.5) is 11.4 Å². The Bertz CT molecular complexity index is 544. The van der Waals surface area contributed by atoms with E-state index in [-0.39, 0.29) is 4.90 Å². The second-order valence-corrected chi connectivity index (χ2v) is 6.97. The number of hydrogen-bond acceptors (Lipinski definition) is 5. The molecule has 0 unspecified atom stereocenters. The second-order valence-electron chi connectivity index (χ2n) is 5.24. The van der Waals surface area contributed by atoms with Crippen LogP contribution in [0.15, 0.2) is 23.1 Å². The van der Waals surface area contributed by atoms with Crippen LogP contribution in [0.1, 0.15) is 19.8 Å².